The molecule has 2 amide bonds. The van der Waals surface area contributed by atoms with Crippen molar-refractivity contribution in [1.82, 2.24) is 10.2 Å². The van der Waals surface area contributed by atoms with Gasteiger partial charge in [0.2, 0.25) is 11.8 Å². The molecule has 0 aliphatic heterocycles. The molecule has 1 aromatic carbocycles. The minimum Gasteiger partial charge on any atom is -0.354 e. The minimum atomic E-state index is -0.545. The number of benzene rings is 1. The lowest BCUT2D eigenvalue weighted by molar-refractivity contribution is -0.140. The number of nitrogens with one attached hydrogen (secondary N) is 1. The van der Waals surface area contributed by atoms with E-state index in [2.05, 4.69) is 12.2 Å². The van der Waals surface area contributed by atoms with E-state index >= 15 is 0 Å². The Hall–Kier alpha value is -1.91. The normalized spacial score (nSPS) is 11.8. The van der Waals surface area contributed by atoms with E-state index in [0.717, 1.165) is 24.8 Å². The lowest BCUT2D eigenvalue weighted by atomic mass is 10.1. The zero-order valence-corrected chi connectivity index (χ0v) is 14.3. The highest BCUT2D eigenvalue weighted by Crippen LogP contribution is 2.12. The van der Waals surface area contributed by atoms with E-state index in [1.165, 1.54) is 12.1 Å². The highest BCUT2D eigenvalue weighted by atomic mass is 19.1. The van der Waals surface area contributed by atoms with Crippen molar-refractivity contribution in [2.45, 2.75) is 59.0 Å². The van der Waals surface area contributed by atoms with Crippen molar-refractivity contribution in [1.29, 1.82) is 0 Å². The summed E-state index contributed by atoms with van der Waals surface area (Å²) < 4.78 is 13.0. The van der Waals surface area contributed by atoms with Crippen molar-refractivity contribution in [3.05, 3.63) is 35.6 Å². The molecule has 23 heavy (non-hydrogen) atoms. The number of halogens is 1. The molecule has 4 nitrogen and oxygen atoms in total. The van der Waals surface area contributed by atoms with E-state index in [9.17, 15) is 14.0 Å². The van der Waals surface area contributed by atoms with Gasteiger partial charge in [0.05, 0.1) is 0 Å². The molecular formula is C18H27FN2O2. The monoisotopic (exact) mass is 322 g/mol. The molecule has 0 radical (unpaired) electrons. The summed E-state index contributed by atoms with van der Waals surface area (Å²) in [5.74, 6) is -0.523. The smallest absolute Gasteiger partial charge is 0.242 e. The Morgan fingerprint density at radius 2 is 1.83 bits per heavy atom. The molecule has 0 spiro atoms. The average Bonchev–Trinajstić information content (AvgIpc) is 2.54. The van der Waals surface area contributed by atoms with Gasteiger partial charge in [0.1, 0.15) is 11.9 Å². The number of carbonyl (C=O) groups is 2. The maximum Gasteiger partial charge on any atom is 0.242 e. The third-order valence-electron chi connectivity index (χ3n) is 3.73. The quantitative estimate of drug-likeness (QED) is 0.710. The van der Waals surface area contributed by atoms with E-state index in [4.69, 9.17) is 0 Å². The van der Waals surface area contributed by atoms with Gasteiger partial charge in [0, 0.05) is 19.5 Å². The van der Waals surface area contributed by atoms with E-state index < -0.39 is 6.04 Å². The van der Waals surface area contributed by atoms with Crippen molar-refractivity contribution in [2.75, 3.05) is 6.54 Å². The summed E-state index contributed by atoms with van der Waals surface area (Å²) in [6.07, 6.45) is 3.04. The summed E-state index contributed by atoms with van der Waals surface area (Å²) in [7, 11) is 0. The van der Waals surface area contributed by atoms with Gasteiger partial charge < -0.3 is 10.2 Å². The molecule has 1 rings (SSSR count). The lowest BCUT2D eigenvalue weighted by Crippen LogP contribution is -2.47. The van der Waals surface area contributed by atoms with E-state index in [1.54, 1.807) is 24.0 Å². The molecule has 5 heteroatoms. The second-order valence-electron chi connectivity index (χ2n) is 5.72. The number of hydrogen-bond acceptors (Lipinski definition) is 2. The van der Waals surface area contributed by atoms with Crippen LogP contribution < -0.4 is 5.32 Å². The predicted octanol–water partition coefficient (Wildman–Crippen LogP) is 3.26. The summed E-state index contributed by atoms with van der Waals surface area (Å²) in [6, 6.07) is 5.47. The van der Waals surface area contributed by atoms with Crippen molar-refractivity contribution in [2.24, 2.45) is 0 Å². The van der Waals surface area contributed by atoms with Gasteiger partial charge in [-0.2, -0.15) is 0 Å². The van der Waals surface area contributed by atoms with Crippen molar-refractivity contribution in [3.63, 3.8) is 0 Å². The molecule has 1 aromatic rings. The summed E-state index contributed by atoms with van der Waals surface area (Å²) >= 11 is 0. The SMILES string of the molecule is CCCCNC(=O)C(C)N(Cc1ccc(F)cc1)C(=O)CCC. The first-order valence-electron chi connectivity index (χ1n) is 8.31. The summed E-state index contributed by atoms with van der Waals surface area (Å²) in [5.41, 5.74) is 0.809. The van der Waals surface area contributed by atoms with Crippen LogP contribution in [0.2, 0.25) is 0 Å². The molecule has 1 unspecified atom stereocenters. The lowest BCUT2D eigenvalue weighted by Gasteiger charge is -2.28. The van der Waals surface area contributed by atoms with E-state index in [1.807, 2.05) is 6.92 Å². The summed E-state index contributed by atoms with van der Waals surface area (Å²) in [5, 5.41) is 2.86. The molecule has 0 aliphatic rings. The van der Waals surface area contributed by atoms with Crippen molar-refractivity contribution < 1.29 is 14.0 Å². The van der Waals surface area contributed by atoms with Crippen LogP contribution in [0.15, 0.2) is 24.3 Å². The van der Waals surface area contributed by atoms with Crippen LogP contribution in [0.4, 0.5) is 4.39 Å². The maximum atomic E-state index is 13.0. The number of hydrogen-bond donors (Lipinski definition) is 1. The highest BCUT2D eigenvalue weighted by Gasteiger charge is 2.25. The number of nitrogens with zero attached hydrogens (tertiary/aromatic N) is 1. The fourth-order valence-electron chi connectivity index (χ4n) is 2.26. The molecule has 0 aliphatic carbocycles. The fraction of sp³-hybridized carbons (Fsp3) is 0.556. The third kappa shape index (κ3) is 6.38. The Kier molecular flexibility index (Phi) is 8.30. The average molecular weight is 322 g/mol. The van der Waals surface area contributed by atoms with Crippen LogP contribution in [0.1, 0.15) is 52.0 Å². The van der Waals surface area contributed by atoms with Gasteiger partial charge in [-0.3, -0.25) is 9.59 Å². The molecular weight excluding hydrogens is 295 g/mol. The second kappa shape index (κ2) is 9.98. The van der Waals surface area contributed by atoms with Crippen LogP contribution in [-0.4, -0.2) is 29.3 Å². The van der Waals surface area contributed by atoms with Crippen LogP contribution in [0, 0.1) is 5.82 Å². The zero-order chi connectivity index (χ0) is 17.2. The Morgan fingerprint density at radius 3 is 2.39 bits per heavy atom. The summed E-state index contributed by atoms with van der Waals surface area (Å²) in [4.78, 5) is 26.2. The first-order chi connectivity index (χ1) is 11.0. The van der Waals surface area contributed by atoms with Crippen LogP contribution in [0.3, 0.4) is 0 Å². The van der Waals surface area contributed by atoms with Crippen LogP contribution >= 0.6 is 0 Å². The Labute approximate surface area is 138 Å². The molecule has 128 valence electrons. The van der Waals surface area contributed by atoms with Crippen LogP contribution in [0.25, 0.3) is 0 Å². The van der Waals surface area contributed by atoms with Gasteiger partial charge in [-0.25, -0.2) is 4.39 Å². The number of unbranched alkanes of at least 4 members (excludes halogenated alkanes) is 1. The van der Waals surface area contributed by atoms with Gasteiger partial charge in [-0.1, -0.05) is 32.4 Å². The zero-order valence-electron chi connectivity index (χ0n) is 14.3. The highest BCUT2D eigenvalue weighted by molar-refractivity contribution is 5.87. The topological polar surface area (TPSA) is 49.4 Å². The fourth-order valence-corrected chi connectivity index (χ4v) is 2.26. The molecule has 1 N–H and O–H groups in total. The maximum absolute atomic E-state index is 13.0. The van der Waals surface area contributed by atoms with Gasteiger partial charge in [-0.05, 0) is 37.5 Å². The Bertz CT molecular complexity index is 502. The van der Waals surface area contributed by atoms with Crippen LogP contribution in [-0.2, 0) is 16.1 Å². The van der Waals surface area contributed by atoms with E-state index in [-0.39, 0.29) is 17.6 Å². The van der Waals surface area contributed by atoms with E-state index in [0.29, 0.717) is 19.5 Å². The van der Waals surface area contributed by atoms with Crippen LogP contribution in [0.5, 0.6) is 0 Å². The molecule has 0 heterocycles. The first-order valence-corrected chi connectivity index (χ1v) is 8.31. The predicted molar refractivity (Wildman–Crippen MR) is 89.2 cm³/mol. The largest absolute Gasteiger partial charge is 0.354 e. The molecule has 1 atom stereocenters. The Balaban J connectivity index is 2.80. The molecule has 0 fully saturated rings. The first kappa shape index (κ1) is 19.1. The Morgan fingerprint density at radius 1 is 1.17 bits per heavy atom. The van der Waals surface area contributed by atoms with Crippen molar-refractivity contribution >= 4 is 11.8 Å². The van der Waals surface area contributed by atoms with Gasteiger partial charge in [-0.15, -0.1) is 0 Å². The minimum absolute atomic E-state index is 0.0602. The second-order valence-corrected chi connectivity index (χ2v) is 5.72. The number of amides is 2. The molecule has 0 bridgehead atoms. The summed E-state index contributed by atoms with van der Waals surface area (Å²) in [6.45, 7) is 6.65. The standard InChI is InChI=1S/C18H27FN2O2/c1-4-6-12-20-18(23)14(3)21(17(22)7-5-2)13-15-8-10-16(19)11-9-15/h8-11,14H,4-7,12-13H2,1-3H3,(H,20,23). The molecule has 0 saturated carbocycles. The van der Waals surface area contributed by atoms with Gasteiger partial charge in [0.15, 0.2) is 0 Å². The van der Waals surface area contributed by atoms with Crippen molar-refractivity contribution in [3.8, 4) is 0 Å². The number of rotatable bonds is 9. The molecule has 0 saturated heterocycles. The molecule has 0 aromatic heterocycles. The third-order valence-corrected chi connectivity index (χ3v) is 3.73. The number of carbonyl (C=O) groups excluding carboxylic acids is 2. The van der Waals surface area contributed by atoms with Gasteiger partial charge in [0.25, 0.3) is 0 Å². The van der Waals surface area contributed by atoms with Gasteiger partial charge >= 0.3 is 0 Å².